The quantitative estimate of drug-likeness (QED) is 0.350. The standard InChI is InChI=1S/C14H26BrNO3/c1-4-12(5-2)10-16(11-14(18)19-3)13(17)8-6-7-9-15/h12H,4-11H2,1-3H3. The van der Waals surface area contributed by atoms with E-state index < -0.39 is 0 Å². The second kappa shape index (κ2) is 11.3. The van der Waals surface area contributed by atoms with Crippen LogP contribution in [0.2, 0.25) is 0 Å². The number of unbranched alkanes of at least 4 members (excludes halogenated alkanes) is 1. The van der Waals surface area contributed by atoms with Gasteiger partial charge in [0.2, 0.25) is 5.91 Å². The SMILES string of the molecule is CCC(CC)CN(CC(=O)OC)C(=O)CCCCBr. The predicted molar refractivity (Wildman–Crippen MR) is 80.3 cm³/mol. The van der Waals surface area contributed by atoms with Gasteiger partial charge in [-0.05, 0) is 18.8 Å². The fraction of sp³-hybridized carbons (Fsp3) is 0.857. The summed E-state index contributed by atoms with van der Waals surface area (Å²) in [5, 5.41) is 0.907. The molecule has 0 aliphatic carbocycles. The summed E-state index contributed by atoms with van der Waals surface area (Å²) in [6.07, 6.45) is 4.36. The topological polar surface area (TPSA) is 46.6 Å². The Morgan fingerprint density at radius 1 is 1.21 bits per heavy atom. The summed E-state index contributed by atoms with van der Waals surface area (Å²) in [5.74, 6) is 0.155. The number of amides is 1. The fourth-order valence-electron chi connectivity index (χ4n) is 1.86. The smallest absolute Gasteiger partial charge is 0.325 e. The van der Waals surface area contributed by atoms with E-state index in [4.69, 9.17) is 0 Å². The van der Waals surface area contributed by atoms with Gasteiger partial charge in [-0.15, -0.1) is 0 Å². The molecule has 4 nitrogen and oxygen atoms in total. The number of ether oxygens (including phenoxy) is 1. The second-order valence-corrected chi connectivity index (χ2v) is 5.47. The molecule has 112 valence electrons. The second-order valence-electron chi connectivity index (χ2n) is 4.68. The lowest BCUT2D eigenvalue weighted by Crippen LogP contribution is -2.39. The zero-order valence-corrected chi connectivity index (χ0v) is 13.9. The van der Waals surface area contributed by atoms with Crippen molar-refractivity contribution in [1.29, 1.82) is 0 Å². The number of nitrogens with zero attached hydrogens (tertiary/aromatic N) is 1. The number of carbonyl (C=O) groups excluding carboxylic acids is 2. The van der Waals surface area contributed by atoms with Crippen molar-refractivity contribution in [2.24, 2.45) is 5.92 Å². The van der Waals surface area contributed by atoms with Crippen LogP contribution in [0.3, 0.4) is 0 Å². The number of alkyl halides is 1. The van der Waals surface area contributed by atoms with Gasteiger partial charge in [0.1, 0.15) is 6.54 Å². The molecule has 0 aromatic heterocycles. The van der Waals surface area contributed by atoms with Crippen molar-refractivity contribution in [3.05, 3.63) is 0 Å². The van der Waals surface area contributed by atoms with Crippen LogP contribution in [-0.4, -0.2) is 42.3 Å². The molecule has 0 fully saturated rings. The van der Waals surface area contributed by atoms with Crippen LogP contribution in [0.5, 0.6) is 0 Å². The molecule has 0 heterocycles. The zero-order chi connectivity index (χ0) is 14.7. The van der Waals surface area contributed by atoms with Crippen LogP contribution in [0.15, 0.2) is 0 Å². The average Bonchev–Trinajstić information content (AvgIpc) is 2.43. The Morgan fingerprint density at radius 3 is 2.32 bits per heavy atom. The maximum Gasteiger partial charge on any atom is 0.325 e. The molecule has 0 rings (SSSR count). The van der Waals surface area contributed by atoms with Crippen LogP contribution in [0.1, 0.15) is 46.0 Å². The first-order chi connectivity index (χ1) is 9.08. The van der Waals surface area contributed by atoms with Gasteiger partial charge in [-0.25, -0.2) is 0 Å². The highest BCUT2D eigenvalue weighted by molar-refractivity contribution is 9.09. The minimum absolute atomic E-state index is 0.0539. The summed E-state index contributed by atoms with van der Waals surface area (Å²) in [6.45, 7) is 4.94. The molecular formula is C14H26BrNO3. The maximum absolute atomic E-state index is 12.1. The Labute approximate surface area is 125 Å². The van der Waals surface area contributed by atoms with Crippen molar-refractivity contribution < 1.29 is 14.3 Å². The summed E-state index contributed by atoms with van der Waals surface area (Å²) in [4.78, 5) is 25.2. The van der Waals surface area contributed by atoms with Crippen LogP contribution in [0.4, 0.5) is 0 Å². The van der Waals surface area contributed by atoms with Crippen LogP contribution in [0.25, 0.3) is 0 Å². The third-order valence-corrected chi connectivity index (χ3v) is 3.87. The Hall–Kier alpha value is -0.580. The molecule has 0 aromatic carbocycles. The van der Waals surface area contributed by atoms with Gasteiger partial charge in [-0.3, -0.25) is 9.59 Å². The van der Waals surface area contributed by atoms with Crippen molar-refractivity contribution in [2.75, 3.05) is 25.5 Å². The Kier molecular flexibility index (Phi) is 10.9. The van der Waals surface area contributed by atoms with Gasteiger partial charge < -0.3 is 9.64 Å². The Bertz CT molecular complexity index is 267. The number of esters is 1. The predicted octanol–water partition coefficient (Wildman–Crippen LogP) is 2.99. The van der Waals surface area contributed by atoms with E-state index in [2.05, 4.69) is 34.5 Å². The van der Waals surface area contributed by atoms with Gasteiger partial charge in [0.25, 0.3) is 0 Å². The van der Waals surface area contributed by atoms with E-state index in [0.29, 0.717) is 18.9 Å². The lowest BCUT2D eigenvalue weighted by Gasteiger charge is -2.25. The number of halogens is 1. The largest absolute Gasteiger partial charge is 0.468 e. The van der Waals surface area contributed by atoms with E-state index in [0.717, 1.165) is 31.0 Å². The third kappa shape index (κ3) is 8.24. The van der Waals surface area contributed by atoms with Gasteiger partial charge >= 0.3 is 5.97 Å². The minimum atomic E-state index is -0.347. The Morgan fingerprint density at radius 2 is 1.84 bits per heavy atom. The van der Waals surface area contributed by atoms with Gasteiger partial charge in [-0.1, -0.05) is 42.6 Å². The molecule has 0 bridgehead atoms. The summed E-state index contributed by atoms with van der Waals surface area (Å²) in [7, 11) is 1.35. The molecule has 1 amide bonds. The molecule has 0 radical (unpaired) electrons. The molecule has 0 aliphatic heterocycles. The minimum Gasteiger partial charge on any atom is -0.468 e. The lowest BCUT2D eigenvalue weighted by atomic mass is 10.0. The van der Waals surface area contributed by atoms with Crippen LogP contribution < -0.4 is 0 Å². The molecular weight excluding hydrogens is 310 g/mol. The summed E-state index contributed by atoms with van der Waals surface area (Å²) in [6, 6.07) is 0. The first-order valence-electron chi connectivity index (χ1n) is 6.99. The summed E-state index contributed by atoms with van der Waals surface area (Å²) in [5.41, 5.74) is 0. The average molecular weight is 336 g/mol. The van der Waals surface area contributed by atoms with E-state index in [1.165, 1.54) is 7.11 Å². The number of hydrogen-bond acceptors (Lipinski definition) is 3. The molecule has 19 heavy (non-hydrogen) atoms. The molecule has 5 heteroatoms. The number of carbonyl (C=O) groups is 2. The molecule has 0 aliphatic rings. The van der Waals surface area contributed by atoms with Gasteiger partial charge in [0, 0.05) is 18.3 Å². The molecule has 0 aromatic rings. The van der Waals surface area contributed by atoms with E-state index in [-0.39, 0.29) is 18.4 Å². The molecule has 0 unspecified atom stereocenters. The van der Waals surface area contributed by atoms with Crippen molar-refractivity contribution >= 4 is 27.8 Å². The zero-order valence-electron chi connectivity index (χ0n) is 12.3. The Balaban J connectivity index is 4.46. The lowest BCUT2D eigenvalue weighted by molar-refractivity contribution is -0.147. The highest BCUT2D eigenvalue weighted by Gasteiger charge is 2.19. The number of methoxy groups -OCH3 is 1. The van der Waals surface area contributed by atoms with Gasteiger partial charge in [0.15, 0.2) is 0 Å². The summed E-state index contributed by atoms with van der Waals surface area (Å²) < 4.78 is 4.67. The van der Waals surface area contributed by atoms with E-state index in [1.807, 2.05) is 0 Å². The van der Waals surface area contributed by atoms with E-state index >= 15 is 0 Å². The van der Waals surface area contributed by atoms with E-state index in [9.17, 15) is 9.59 Å². The van der Waals surface area contributed by atoms with Crippen LogP contribution in [0, 0.1) is 5.92 Å². The summed E-state index contributed by atoms with van der Waals surface area (Å²) >= 11 is 3.35. The van der Waals surface area contributed by atoms with Crippen LogP contribution >= 0.6 is 15.9 Å². The van der Waals surface area contributed by atoms with Crippen molar-refractivity contribution in [1.82, 2.24) is 4.90 Å². The maximum atomic E-state index is 12.1. The highest BCUT2D eigenvalue weighted by atomic mass is 79.9. The molecule has 0 saturated carbocycles. The number of hydrogen-bond donors (Lipinski definition) is 0. The van der Waals surface area contributed by atoms with E-state index in [1.54, 1.807) is 4.90 Å². The van der Waals surface area contributed by atoms with Crippen molar-refractivity contribution in [2.45, 2.75) is 46.0 Å². The molecule has 0 saturated heterocycles. The molecule has 0 spiro atoms. The van der Waals surface area contributed by atoms with Crippen LogP contribution in [-0.2, 0) is 14.3 Å². The van der Waals surface area contributed by atoms with Crippen molar-refractivity contribution in [3.8, 4) is 0 Å². The fourth-order valence-corrected chi connectivity index (χ4v) is 2.26. The van der Waals surface area contributed by atoms with Gasteiger partial charge in [0.05, 0.1) is 7.11 Å². The monoisotopic (exact) mass is 335 g/mol. The van der Waals surface area contributed by atoms with Gasteiger partial charge in [-0.2, -0.15) is 0 Å². The highest BCUT2D eigenvalue weighted by Crippen LogP contribution is 2.12. The first-order valence-corrected chi connectivity index (χ1v) is 8.11. The van der Waals surface area contributed by atoms with Crippen molar-refractivity contribution in [3.63, 3.8) is 0 Å². The first kappa shape index (κ1) is 18.4. The third-order valence-electron chi connectivity index (χ3n) is 3.31. The normalized spacial score (nSPS) is 10.6. The molecule has 0 atom stereocenters. The molecule has 0 N–H and O–H groups in total. The number of rotatable bonds is 10.